The Bertz CT molecular complexity index is 416. The van der Waals surface area contributed by atoms with E-state index in [1.165, 1.54) is 4.90 Å². The molecule has 1 aliphatic carbocycles. The molecule has 2 aliphatic rings. The Morgan fingerprint density at radius 1 is 1.40 bits per heavy atom. The summed E-state index contributed by atoms with van der Waals surface area (Å²) >= 11 is 0. The van der Waals surface area contributed by atoms with Gasteiger partial charge in [-0.05, 0) is 26.2 Å². The van der Waals surface area contributed by atoms with Crippen LogP contribution in [0.1, 0.15) is 52.4 Å². The molecule has 4 amide bonds. The summed E-state index contributed by atoms with van der Waals surface area (Å²) in [5, 5.41) is 5.23. The third-order valence-electron chi connectivity index (χ3n) is 4.27. The molecule has 1 unspecified atom stereocenters. The molecule has 2 N–H and O–H groups in total. The first-order valence-electron chi connectivity index (χ1n) is 7.42. The Labute approximate surface area is 119 Å². The fourth-order valence-corrected chi connectivity index (χ4v) is 3.25. The first kappa shape index (κ1) is 14.8. The Kier molecular flexibility index (Phi) is 4.30. The first-order chi connectivity index (χ1) is 9.49. The molecule has 0 bridgehead atoms. The average molecular weight is 281 g/mol. The predicted molar refractivity (Wildman–Crippen MR) is 74.0 cm³/mol. The summed E-state index contributed by atoms with van der Waals surface area (Å²) in [6.07, 6.45) is 5.05. The Balaban J connectivity index is 2.01. The van der Waals surface area contributed by atoms with E-state index in [-0.39, 0.29) is 24.4 Å². The molecule has 1 saturated carbocycles. The zero-order valence-corrected chi connectivity index (χ0v) is 12.2. The second-order valence-electron chi connectivity index (χ2n) is 5.84. The molecule has 1 atom stereocenters. The molecule has 1 spiro atoms. The van der Waals surface area contributed by atoms with Crippen LogP contribution in [-0.2, 0) is 9.59 Å². The number of carbonyl (C=O) groups excluding carboxylic acids is 3. The van der Waals surface area contributed by atoms with Crippen molar-refractivity contribution in [2.24, 2.45) is 0 Å². The third kappa shape index (κ3) is 2.64. The standard InChI is InChI=1S/C14H23N3O3/c1-3-6-10(2)15-11(18)9-17-13(20)16-12(19)14(17)7-4-5-8-14/h10H,3-9H2,1-2H3,(H,15,18)(H,16,19,20). The Hall–Kier alpha value is -1.59. The number of nitrogens with one attached hydrogen (secondary N) is 2. The number of hydrogen-bond donors (Lipinski definition) is 2. The Morgan fingerprint density at radius 3 is 2.65 bits per heavy atom. The van der Waals surface area contributed by atoms with Crippen LogP contribution in [0.25, 0.3) is 0 Å². The summed E-state index contributed by atoms with van der Waals surface area (Å²) in [4.78, 5) is 37.4. The quantitative estimate of drug-likeness (QED) is 0.742. The van der Waals surface area contributed by atoms with Gasteiger partial charge in [0.05, 0.1) is 0 Å². The molecule has 6 heteroatoms. The maximum absolute atomic E-state index is 12.0. The van der Waals surface area contributed by atoms with Gasteiger partial charge >= 0.3 is 6.03 Å². The van der Waals surface area contributed by atoms with E-state index < -0.39 is 11.6 Å². The van der Waals surface area contributed by atoms with E-state index in [1.54, 1.807) is 0 Å². The summed E-state index contributed by atoms with van der Waals surface area (Å²) in [6, 6.07) is -0.344. The summed E-state index contributed by atoms with van der Waals surface area (Å²) in [5.74, 6) is -0.434. The minimum atomic E-state index is -0.775. The number of urea groups is 1. The fraction of sp³-hybridized carbons (Fsp3) is 0.786. The molecule has 2 rings (SSSR count). The number of amides is 4. The van der Waals surface area contributed by atoms with Crippen LogP contribution >= 0.6 is 0 Å². The number of nitrogens with zero attached hydrogens (tertiary/aromatic N) is 1. The van der Waals surface area contributed by atoms with Crippen LogP contribution in [0.15, 0.2) is 0 Å². The molecule has 112 valence electrons. The van der Waals surface area contributed by atoms with Gasteiger partial charge in [0.25, 0.3) is 5.91 Å². The van der Waals surface area contributed by atoms with Gasteiger partial charge in [0, 0.05) is 6.04 Å². The third-order valence-corrected chi connectivity index (χ3v) is 4.27. The highest BCUT2D eigenvalue weighted by molar-refractivity contribution is 6.08. The lowest BCUT2D eigenvalue weighted by molar-refractivity contribution is -0.128. The van der Waals surface area contributed by atoms with E-state index in [2.05, 4.69) is 17.6 Å². The smallest absolute Gasteiger partial charge is 0.325 e. The minimum Gasteiger partial charge on any atom is -0.352 e. The molecule has 6 nitrogen and oxygen atoms in total. The SMILES string of the molecule is CCCC(C)NC(=O)CN1C(=O)NC(=O)C12CCCC2. The monoisotopic (exact) mass is 281 g/mol. The normalized spacial score (nSPS) is 22.2. The number of imide groups is 1. The maximum Gasteiger partial charge on any atom is 0.325 e. The van der Waals surface area contributed by atoms with E-state index in [4.69, 9.17) is 0 Å². The van der Waals surface area contributed by atoms with Crippen molar-refractivity contribution in [3.05, 3.63) is 0 Å². The summed E-state index contributed by atoms with van der Waals surface area (Å²) in [7, 11) is 0. The lowest BCUT2D eigenvalue weighted by Crippen LogP contribution is -2.52. The molecule has 1 heterocycles. The lowest BCUT2D eigenvalue weighted by Gasteiger charge is -2.31. The molecule has 0 radical (unpaired) electrons. The minimum absolute atomic E-state index is 0.0361. The van der Waals surface area contributed by atoms with Gasteiger partial charge < -0.3 is 10.2 Å². The van der Waals surface area contributed by atoms with Crippen molar-refractivity contribution in [3.63, 3.8) is 0 Å². The van der Waals surface area contributed by atoms with Crippen LogP contribution in [0.3, 0.4) is 0 Å². The van der Waals surface area contributed by atoms with Crippen LogP contribution in [-0.4, -0.2) is 40.9 Å². The fourth-order valence-electron chi connectivity index (χ4n) is 3.25. The highest BCUT2D eigenvalue weighted by atomic mass is 16.2. The summed E-state index contributed by atoms with van der Waals surface area (Å²) < 4.78 is 0. The van der Waals surface area contributed by atoms with E-state index in [1.807, 2.05) is 6.92 Å². The molecule has 2 fully saturated rings. The predicted octanol–water partition coefficient (Wildman–Crippen LogP) is 1.16. The number of carbonyl (C=O) groups is 3. The molecule has 20 heavy (non-hydrogen) atoms. The molecular weight excluding hydrogens is 258 g/mol. The van der Waals surface area contributed by atoms with Crippen molar-refractivity contribution >= 4 is 17.8 Å². The van der Waals surface area contributed by atoms with E-state index in [9.17, 15) is 14.4 Å². The van der Waals surface area contributed by atoms with E-state index in [0.29, 0.717) is 12.8 Å². The van der Waals surface area contributed by atoms with Gasteiger partial charge in [-0.2, -0.15) is 0 Å². The molecule has 0 aromatic rings. The maximum atomic E-state index is 12.0. The molecule has 0 aromatic heterocycles. The van der Waals surface area contributed by atoms with Gasteiger partial charge in [-0.15, -0.1) is 0 Å². The van der Waals surface area contributed by atoms with Crippen molar-refractivity contribution in [1.29, 1.82) is 0 Å². The number of rotatable bonds is 5. The van der Waals surface area contributed by atoms with E-state index in [0.717, 1.165) is 25.7 Å². The van der Waals surface area contributed by atoms with Crippen molar-refractivity contribution in [1.82, 2.24) is 15.5 Å². The highest BCUT2D eigenvalue weighted by Crippen LogP contribution is 2.38. The van der Waals surface area contributed by atoms with Crippen molar-refractivity contribution in [2.45, 2.75) is 64.0 Å². The second-order valence-corrected chi connectivity index (χ2v) is 5.84. The van der Waals surface area contributed by atoms with E-state index >= 15 is 0 Å². The summed E-state index contributed by atoms with van der Waals surface area (Å²) in [5.41, 5.74) is -0.775. The Morgan fingerprint density at radius 2 is 2.05 bits per heavy atom. The first-order valence-corrected chi connectivity index (χ1v) is 7.42. The van der Waals surface area contributed by atoms with Gasteiger partial charge in [-0.25, -0.2) is 4.79 Å². The van der Waals surface area contributed by atoms with Gasteiger partial charge in [-0.3, -0.25) is 14.9 Å². The van der Waals surface area contributed by atoms with Crippen molar-refractivity contribution < 1.29 is 14.4 Å². The highest BCUT2D eigenvalue weighted by Gasteiger charge is 2.54. The zero-order valence-electron chi connectivity index (χ0n) is 12.2. The van der Waals surface area contributed by atoms with Crippen LogP contribution in [0, 0.1) is 0 Å². The topological polar surface area (TPSA) is 78.5 Å². The lowest BCUT2D eigenvalue weighted by atomic mass is 9.96. The van der Waals surface area contributed by atoms with Gasteiger partial charge in [0.1, 0.15) is 12.1 Å². The van der Waals surface area contributed by atoms with Gasteiger partial charge in [-0.1, -0.05) is 26.2 Å². The van der Waals surface area contributed by atoms with Crippen molar-refractivity contribution in [2.75, 3.05) is 6.54 Å². The molecule has 1 aliphatic heterocycles. The second kappa shape index (κ2) is 5.81. The van der Waals surface area contributed by atoms with Crippen molar-refractivity contribution in [3.8, 4) is 0 Å². The molecule has 0 aromatic carbocycles. The zero-order chi connectivity index (χ0) is 14.8. The van der Waals surface area contributed by atoms with Gasteiger partial charge in [0.15, 0.2) is 0 Å². The van der Waals surface area contributed by atoms with Crippen LogP contribution in [0.4, 0.5) is 4.79 Å². The average Bonchev–Trinajstić information content (AvgIpc) is 2.93. The largest absolute Gasteiger partial charge is 0.352 e. The van der Waals surface area contributed by atoms with Crippen LogP contribution < -0.4 is 10.6 Å². The summed E-state index contributed by atoms with van der Waals surface area (Å²) in [6.45, 7) is 3.97. The van der Waals surface area contributed by atoms with Gasteiger partial charge in [0.2, 0.25) is 5.91 Å². The van der Waals surface area contributed by atoms with Crippen LogP contribution in [0.5, 0.6) is 0 Å². The number of hydrogen-bond acceptors (Lipinski definition) is 3. The molecule has 1 saturated heterocycles. The van der Waals surface area contributed by atoms with Crippen LogP contribution in [0.2, 0.25) is 0 Å². The molecular formula is C14H23N3O3.